The van der Waals surface area contributed by atoms with Gasteiger partial charge in [-0.2, -0.15) is 0 Å². The van der Waals surface area contributed by atoms with E-state index in [1.807, 2.05) is 68.4 Å². The van der Waals surface area contributed by atoms with E-state index in [4.69, 9.17) is 13.9 Å². The van der Waals surface area contributed by atoms with Crippen molar-refractivity contribution in [2.75, 3.05) is 13.7 Å². The second-order valence-electron chi connectivity index (χ2n) is 11.7. The zero-order valence-electron chi connectivity index (χ0n) is 26.3. The highest BCUT2D eigenvalue weighted by atomic mass is 16.5. The molecule has 0 spiro atoms. The Morgan fingerprint density at radius 3 is 2.31 bits per heavy atom. The van der Waals surface area contributed by atoms with Crippen LogP contribution >= 0.6 is 0 Å². The summed E-state index contributed by atoms with van der Waals surface area (Å²) in [6.07, 6.45) is 0.570. The van der Waals surface area contributed by atoms with Crippen LogP contribution in [-0.2, 0) is 27.4 Å². The number of methoxy groups -OCH3 is 1. The van der Waals surface area contributed by atoms with E-state index in [2.05, 4.69) is 20.8 Å². The number of aromatic nitrogens is 2. The molecule has 1 aromatic heterocycles. The van der Waals surface area contributed by atoms with Crippen molar-refractivity contribution in [3.05, 3.63) is 77.5 Å². The van der Waals surface area contributed by atoms with Gasteiger partial charge in [-0.05, 0) is 36.3 Å². The van der Waals surface area contributed by atoms with Gasteiger partial charge in [0.25, 0.3) is 5.89 Å². The van der Waals surface area contributed by atoms with Crippen molar-refractivity contribution in [3.63, 3.8) is 0 Å². The molecular weight excluding hydrogens is 578 g/mol. The molecule has 1 aliphatic rings. The van der Waals surface area contributed by atoms with E-state index in [1.165, 1.54) is 4.90 Å². The fourth-order valence-electron chi connectivity index (χ4n) is 5.24. The molecule has 2 N–H and O–H groups in total. The van der Waals surface area contributed by atoms with Crippen LogP contribution in [0.3, 0.4) is 0 Å². The number of carbonyl (C=O) groups is 4. The largest absolute Gasteiger partial charge is 0.496 e. The molecule has 12 nitrogen and oxygen atoms in total. The second kappa shape index (κ2) is 15.3. The van der Waals surface area contributed by atoms with Crippen molar-refractivity contribution in [1.82, 2.24) is 25.7 Å². The van der Waals surface area contributed by atoms with Gasteiger partial charge in [-0.25, -0.2) is 4.79 Å². The fourth-order valence-corrected chi connectivity index (χ4v) is 5.24. The summed E-state index contributed by atoms with van der Waals surface area (Å²) in [5.41, 5.74) is 1.64. The molecule has 0 radical (unpaired) electrons. The molecule has 0 bridgehead atoms. The van der Waals surface area contributed by atoms with Crippen molar-refractivity contribution in [3.8, 4) is 5.75 Å². The van der Waals surface area contributed by atoms with Crippen molar-refractivity contribution in [1.29, 1.82) is 0 Å². The number of rotatable bonds is 13. The highest BCUT2D eigenvalue weighted by Gasteiger charge is 2.40. The van der Waals surface area contributed by atoms with Gasteiger partial charge >= 0.3 is 6.09 Å². The number of para-hydroxylation sites is 1. The smallest absolute Gasteiger partial charge is 0.408 e. The van der Waals surface area contributed by atoms with E-state index in [9.17, 15) is 19.2 Å². The van der Waals surface area contributed by atoms with Gasteiger partial charge in [0, 0.05) is 12.1 Å². The summed E-state index contributed by atoms with van der Waals surface area (Å²) in [7, 11) is 1.57. The van der Waals surface area contributed by atoms with Crippen molar-refractivity contribution < 1.29 is 33.1 Å². The van der Waals surface area contributed by atoms with Crippen LogP contribution in [0.2, 0.25) is 0 Å². The number of benzene rings is 2. The molecule has 0 aliphatic carbocycles. The molecule has 0 unspecified atom stereocenters. The third-order valence-corrected chi connectivity index (χ3v) is 7.72. The Labute approximate surface area is 262 Å². The number of nitrogens with zero attached hydrogens (tertiary/aromatic N) is 3. The number of amides is 3. The van der Waals surface area contributed by atoms with E-state index in [-0.39, 0.29) is 42.6 Å². The lowest BCUT2D eigenvalue weighted by atomic mass is 9.98. The van der Waals surface area contributed by atoms with E-state index < -0.39 is 35.9 Å². The summed E-state index contributed by atoms with van der Waals surface area (Å²) in [5.74, 6) is -1.25. The minimum absolute atomic E-state index is 0.0625. The van der Waals surface area contributed by atoms with Gasteiger partial charge in [-0.15, -0.1) is 10.2 Å². The SMILES string of the molecule is COc1ccccc1Cc1nnc(C(=O)[C@H](NC(=O)[C@@H]2CCCN2C(=O)[C@@H](NC(=O)OCc2ccccc2)C(C)C)C(C)C)o1. The standard InChI is InChI=1S/C33H41N5O7/c1-20(2)27(29(39)31-37-36-26(45-31)18-23-14-9-10-16-25(23)43-5)34-30(40)24-15-11-17-38(24)32(41)28(21(3)4)35-33(42)44-19-22-12-7-6-8-13-22/h6-10,12-14,16,20-21,24,27-28H,11,15,17-19H2,1-5H3,(H,34,40)(H,35,42)/t24-,27+,28-/m0/s1. The zero-order chi connectivity index (χ0) is 32.5. The van der Waals surface area contributed by atoms with Gasteiger partial charge < -0.3 is 29.4 Å². The molecule has 1 aliphatic heterocycles. The third-order valence-electron chi connectivity index (χ3n) is 7.72. The third kappa shape index (κ3) is 8.46. The summed E-state index contributed by atoms with van der Waals surface area (Å²) in [5, 5.41) is 13.5. The molecule has 2 heterocycles. The highest BCUT2D eigenvalue weighted by Crippen LogP contribution is 2.23. The van der Waals surface area contributed by atoms with E-state index in [0.717, 1.165) is 11.1 Å². The van der Waals surface area contributed by atoms with Crippen molar-refractivity contribution in [2.24, 2.45) is 11.8 Å². The summed E-state index contributed by atoms with van der Waals surface area (Å²) < 4.78 is 16.4. The maximum Gasteiger partial charge on any atom is 0.408 e. The quantitative estimate of drug-likeness (QED) is 0.271. The number of ketones is 1. The van der Waals surface area contributed by atoms with E-state index in [0.29, 0.717) is 25.1 Å². The molecule has 3 atom stereocenters. The number of hydrogen-bond acceptors (Lipinski definition) is 9. The van der Waals surface area contributed by atoms with Crippen LogP contribution in [0.1, 0.15) is 68.2 Å². The lowest BCUT2D eigenvalue weighted by molar-refractivity contribution is -0.141. The van der Waals surface area contributed by atoms with Gasteiger partial charge in [0.15, 0.2) is 0 Å². The van der Waals surface area contributed by atoms with Crippen LogP contribution in [0.5, 0.6) is 5.75 Å². The lowest BCUT2D eigenvalue weighted by Crippen LogP contribution is -2.57. The van der Waals surface area contributed by atoms with Gasteiger partial charge in [0.2, 0.25) is 23.5 Å². The predicted octanol–water partition coefficient (Wildman–Crippen LogP) is 3.93. The van der Waals surface area contributed by atoms with Gasteiger partial charge in [-0.1, -0.05) is 76.2 Å². The first-order valence-electron chi connectivity index (χ1n) is 15.2. The molecule has 3 amide bonds. The first-order valence-corrected chi connectivity index (χ1v) is 15.2. The number of ether oxygens (including phenoxy) is 2. The maximum absolute atomic E-state index is 13.7. The minimum Gasteiger partial charge on any atom is -0.496 e. The second-order valence-corrected chi connectivity index (χ2v) is 11.7. The van der Waals surface area contributed by atoms with Crippen LogP contribution in [0.15, 0.2) is 59.0 Å². The van der Waals surface area contributed by atoms with Crippen LogP contribution in [0, 0.1) is 11.8 Å². The molecule has 4 rings (SSSR count). The molecule has 3 aromatic rings. The van der Waals surface area contributed by atoms with E-state index >= 15 is 0 Å². The van der Waals surface area contributed by atoms with Crippen molar-refractivity contribution in [2.45, 2.75) is 71.7 Å². The number of likely N-dealkylation sites (tertiary alicyclic amines) is 1. The Balaban J connectivity index is 1.40. The normalized spacial score (nSPS) is 15.9. The highest BCUT2D eigenvalue weighted by molar-refractivity contribution is 6.00. The molecule has 1 fully saturated rings. The number of carbonyl (C=O) groups excluding carboxylic acids is 4. The van der Waals surface area contributed by atoms with Crippen molar-refractivity contribution >= 4 is 23.7 Å². The monoisotopic (exact) mass is 619 g/mol. The molecule has 240 valence electrons. The Hall–Kier alpha value is -4.74. The molecule has 1 saturated heterocycles. The molecule has 45 heavy (non-hydrogen) atoms. The first kappa shape index (κ1) is 33.2. The lowest BCUT2D eigenvalue weighted by Gasteiger charge is -2.31. The maximum atomic E-state index is 13.7. The number of Topliss-reactive ketones (excluding diaryl/α,β-unsaturated/α-hetero) is 1. The average Bonchev–Trinajstić information content (AvgIpc) is 3.72. The number of nitrogens with one attached hydrogen (secondary N) is 2. The molecule has 0 saturated carbocycles. The predicted molar refractivity (Wildman–Crippen MR) is 164 cm³/mol. The summed E-state index contributed by atoms with van der Waals surface area (Å²) in [6, 6.07) is 13.9. The molecule has 2 aromatic carbocycles. The Morgan fingerprint density at radius 2 is 1.62 bits per heavy atom. The molecular formula is C33H41N5O7. The zero-order valence-corrected chi connectivity index (χ0v) is 26.3. The summed E-state index contributed by atoms with van der Waals surface area (Å²) in [6.45, 7) is 7.62. The van der Waals surface area contributed by atoms with Gasteiger partial charge in [0.1, 0.15) is 24.4 Å². The summed E-state index contributed by atoms with van der Waals surface area (Å²) in [4.78, 5) is 54.7. The Bertz CT molecular complexity index is 1470. The molecule has 12 heteroatoms. The van der Waals surface area contributed by atoms with Crippen LogP contribution in [0.25, 0.3) is 0 Å². The van der Waals surface area contributed by atoms with Gasteiger partial charge in [-0.3, -0.25) is 14.4 Å². The van der Waals surface area contributed by atoms with Crippen LogP contribution in [0.4, 0.5) is 4.79 Å². The van der Waals surface area contributed by atoms with E-state index in [1.54, 1.807) is 21.0 Å². The van der Waals surface area contributed by atoms with Gasteiger partial charge in [0.05, 0.1) is 19.6 Å². The Morgan fingerprint density at radius 1 is 0.933 bits per heavy atom. The first-order chi connectivity index (χ1) is 21.6. The number of hydrogen-bond donors (Lipinski definition) is 2. The average molecular weight is 620 g/mol. The Kier molecular flexibility index (Phi) is 11.3. The fraction of sp³-hybridized carbons (Fsp3) is 0.455. The number of alkyl carbamates (subject to hydrolysis) is 1. The van der Waals surface area contributed by atoms with Crippen LogP contribution < -0.4 is 15.4 Å². The minimum atomic E-state index is -0.957. The van der Waals surface area contributed by atoms with Crippen LogP contribution in [-0.4, -0.2) is 70.6 Å². The summed E-state index contributed by atoms with van der Waals surface area (Å²) >= 11 is 0. The topological polar surface area (TPSA) is 153 Å².